The highest BCUT2D eigenvalue weighted by Crippen LogP contribution is 2.51. The Kier molecular flexibility index (Phi) is 6.57. The molecule has 0 heterocycles. The van der Waals surface area contributed by atoms with Crippen molar-refractivity contribution in [3.63, 3.8) is 0 Å². The molecular formula is C17H34O2. The number of hydrogen-bond donors (Lipinski definition) is 0. The molecule has 1 atom stereocenters. The third-order valence-electron chi connectivity index (χ3n) is 4.76. The molecule has 0 aromatic carbocycles. The SMILES string of the molecule is CCCC(C)(C)CC(C)(C(=O)OC)C(C)(C)CCC. The van der Waals surface area contributed by atoms with E-state index < -0.39 is 5.41 Å². The largest absolute Gasteiger partial charge is 0.469 e. The van der Waals surface area contributed by atoms with Gasteiger partial charge in [0.25, 0.3) is 0 Å². The molecule has 0 rings (SSSR count). The maximum absolute atomic E-state index is 12.4. The molecular weight excluding hydrogens is 236 g/mol. The highest BCUT2D eigenvalue weighted by atomic mass is 16.5. The minimum atomic E-state index is -0.420. The van der Waals surface area contributed by atoms with Crippen molar-refractivity contribution in [2.45, 2.75) is 80.6 Å². The number of rotatable bonds is 8. The van der Waals surface area contributed by atoms with Gasteiger partial charge in [-0.05, 0) is 37.0 Å². The van der Waals surface area contributed by atoms with Crippen LogP contribution in [-0.2, 0) is 9.53 Å². The van der Waals surface area contributed by atoms with Gasteiger partial charge in [0.15, 0.2) is 0 Å². The summed E-state index contributed by atoms with van der Waals surface area (Å²) in [6, 6.07) is 0. The van der Waals surface area contributed by atoms with Gasteiger partial charge in [-0.2, -0.15) is 0 Å². The molecule has 0 radical (unpaired) electrons. The van der Waals surface area contributed by atoms with E-state index in [2.05, 4.69) is 48.5 Å². The van der Waals surface area contributed by atoms with Crippen molar-refractivity contribution >= 4 is 5.97 Å². The summed E-state index contributed by atoms with van der Waals surface area (Å²) in [6.07, 6.45) is 5.31. The Morgan fingerprint density at radius 1 is 0.947 bits per heavy atom. The smallest absolute Gasteiger partial charge is 0.312 e. The average molecular weight is 270 g/mol. The number of ether oxygens (including phenoxy) is 1. The zero-order valence-corrected chi connectivity index (χ0v) is 14.4. The van der Waals surface area contributed by atoms with Crippen molar-refractivity contribution < 1.29 is 9.53 Å². The van der Waals surface area contributed by atoms with Crippen molar-refractivity contribution in [1.82, 2.24) is 0 Å². The van der Waals surface area contributed by atoms with Crippen LogP contribution in [0.2, 0.25) is 0 Å². The predicted octanol–water partition coefficient (Wildman–Crippen LogP) is 5.21. The van der Waals surface area contributed by atoms with Crippen molar-refractivity contribution in [1.29, 1.82) is 0 Å². The van der Waals surface area contributed by atoms with E-state index >= 15 is 0 Å². The molecule has 0 saturated heterocycles. The molecule has 0 spiro atoms. The van der Waals surface area contributed by atoms with Gasteiger partial charge in [0.2, 0.25) is 0 Å². The highest BCUT2D eigenvalue weighted by Gasteiger charge is 2.49. The first-order chi connectivity index (χ1) is 8.56. The summed E-state index contributed by atoms with van der Waals surface area (Å²) in [6.45, 7) is 15.4. The molecule has 114 valence electrons. The average Bonchev–Trinajstić information content (AvgIpc) is 2.26. The molecule has 0 aliphatic carbocycles. The molecule has 1 unspecified atom stereocenters. The lowest BCUT2D eigenvalue weighted by Gasteiger charge is -2.46. The second-order valence-corrected chi connectivity index (χ2v) is 7.55. The van der Waals surface area contributed by atoms with Crippen LogP contribution in [0.1, 0.15) is 80.6 Å². The number of esters is 1. The fourth-order valence-corrected chi connectivity index (χ4v) is 3.44. The van der Waals surface area contributed by atoms with Gasteiger partial charge in [-0.3, -0.25) is 4.79 Å². The molecule has 2 heteroatoms. The van der Waals surface area contributed by atoms with Gasteiger partial charge in [0.1, 0.15) is 0 Å². The van der Waals surface area contributed by atoms with Crippen molar-refractivity contribution in [3.05, 3.63) is 0 Å². The zero-order valence-electron chi connectivity index (χ0n) is 14.4. The van der Waals surface area contributed by atoms with E-state index in [1.807, 2.05) is 0 Å². The number of hydrogen-bond acceptors (Lipinski definition) is 2. The Labute approximate surface area is 120 Å². The summed E-state index contributed by atoms with van der Waals surface area (Å²) >= 11 is 0. The molecule has 0 aliphatic rings. The standard InChI is InChI=1S/C17H34O2/c1-9-11-15(3,4)13-17(7,14(18)19-8)16(5,6)12-10-2/h9-13H2,1-8H3. The summed E-state index contributed by atoms with van der Waals surface area (Å²) in [7, 11) is 1.51. The third kappa shape index (κ3) is 4.50. The Balaban J connectivity index is 5.37. The van der Waals surface area contributed by atoms with E-state index in [0.29, 0.717) is 0 Å². The van der Waals surface area contributed by atoms with Crippen LogP contribution in [0.25, 0.3) is 0 Å². The fraction of sp³-hybridized carbons (Fsp3) is 0.941. The van der Waals surface area contributed by atoms with Crippen molar-refractivity contribution in [3.8, 4) is 0 Å². The monoisotopic (exact) mass is 270 g/mol. The van der Waals surface area contributed by atoms with E-state index in [1.54, 1.807) is 0 Å². The molecule has 0 amide bonds. The second kappa shape index (κ2) is 6.76. The lowest BCUT2D eigenvalue weighted by Crippen LogP contribution is -2.45. The van der Waals surface area contributed by atoms with Crippen molar-refractivity contribution in [2.24, 2.45) is 16.2 Å². The lowest BCUT2D eigenvalue weighted by molar-refractivity contribution is -0.163. The summed E-state index contributed by atoms with van der Waals surface area (Å²) in [5.41, 5.74) is -0.293. The molecule has 0 saturated carbocycles. The third-order valence-corrected chi connectivity index (χ3v) is 4.76. The first-order valence-electron chi connectivity index (χ1n) is 7.64. The first kappa shape index (κ1) is 18.5. The van der Waals surface area contributed by atoms with Gasteiger partial charge < -0.3 is 4.74 Å². The minimum Gasteiger partial charge on any atom is -0.469 e. The topological polar surface area (TPSA) is 26.3 Å². The van der Waals surface area contributed by atoms with Gasteiger partial charge in [-0.15, -0.1) is 0 Å². The highest BCUT2D eigenvalue weighted by molar-refractivity contribution is 5.77. The first-order valence-corrected chi connectivity index (χ1v) is 7.64. The van der Waals surface area contributed by atoms with E-state index in [1.165, 1.54) is 7.11 Å². The summed E-state index contributed by atoms with van der Waals surface area (Å²) in [5.74, 6) is -0.0601. The summed E-state index contributed by atoms with van der Waals surface area (Å²) < 4.78 is 5.13. The van der Waals surface area contributed by atoms with Gasteiger partial charge in [0, 0.05) is 0 Å². The molecule has 19 heavy (non-hydrogen) atoms. The van der Waals surface area contributed by atoms with E-state index in [9.17, 15) is 4.79 Å². The Morgan fingerprint density at radius 2 is 1.42 bits per heavy atom. The molecule has 0 bridgehead atoms. The van der Waals surface area contributed by atoms with Crippen LogP contribution in [0.15, 0.2) is 0 Å². The van der Waals surface area contributed by atoms with E-state index in [4.69, 9.17) is 4.74 Å². The van der Waals surface area contributed by atoms with E-state index in [-0.39, 0.29) is 16.8 Å². The zero-order chi connectivity index (χ0) is 15.3. The molecule has 0 aromatic rings. The van der Waals surface area contributed by atoms with Crippen LogP contribution in [0, 0.1) is 16.2 Å². The van der Waals surface area contributed by atoms with Crippen LogP contribution in [0.4, 0.5) is 0 Å². The molecule has 0 aromatic heterocycles. The van der Waals surface area contributed by atoms with Crippen LogP contribution in [0.5, 0.6) is 0 Å². The maximum Gasteiger partial charge on any atom is 0.312 e. The lowest BCUT2D eigenvalue weighted by atomic mass is 9.58. The van der Waals surface area contributed by atoms with Crippen LogP contribution in [-0.4, -0.2) is 13.1 Å². The van der Waals surface area contributed by atoms with Crippen LogP contribution in [0.3, 0.4) is 0 Å². The van der Waals surface area contributed by atoms with Gasteiger partial charge in [0.05, 0.1) is 12.5 Å². The Morgan fingerprint density at radius 3 is 1.79 bits per heavy atom. The van der Waals surface area contributed by atoms with Gasteiger partial charge in [-0.1, -0.05) is 54.4 Å². The summed E-state index contributed by atoms with van der Waals surface area (Å²) in [4.78, 5) is 12.4. The molecule has 0 fully saturated rings. The van der Waals surface area contributed by atoms with Crippen LogP contribution < -0.4 is 0 Å². The molecule has 0 aliphatic heterocycles. The van der Waals surface area contributed by atoms with E-state index in [0.717, 1.165) is 32.1 Å². The van der Waals surface area contributed by atoms with Gasteiger partial charge in [-0.25, -0.2) is 0 Å². The predicted molar refractivity (Wildman–Crippen MR) is 82.1 cm³/mol. The van der Waals surface area contributed by atoms with Gasteiger partial charge >= 0.3 is 5.97 Å². The quantitative estimate of drug-likeness (QED) is 0.566. The molecule has 2 nitrogen and oxygen atoms in total. The minimum absolute atomic E-state index is 0.0418. The number of carbonyl (C=O) groups excluding carboxylic acids is 1. The Bertz CT molecular complexity index is 292. The van der Waals surface area contributed by atoms with Crippen molar-refractivity contribution in [2.75, 3.05) is 7.11 Å². The molecule has 0 N–H and O–H groups in total. The number of methoxy groups -OCH3 is 1. The normalized spacial score (nSPS) is 16.0. The Hall–Kier alpha value is -0.530. The van der Waals surface area contributed by atoms with Crippen LogP contribution >= 0.6 is 0 Å². The fourth-order valence-electron chi connectivity index (χ4n) is 3.44. The second-order valence-electron chi connectivity index (χ2n) is 7.55. The number of carbonyl (C=O) groups is 1. The summed E-state index contributed by atoms with van der Waals surface area (Å²) in [5, 5.41) is 0. The maximum atomic E-state index is 12.4.